The van der Waals surface area contributed by atoms with Crippen LogP contribution in [0.1, 0.15) is 25.0 Å². The number of hydrogen-bond acceptors (Lipinski definition) is 1. The summed E-state index contributed by atoms with van der Waals surface area (Å²) >= 11 is 0. The molecule has 0 bridgehead atoms. The maximum atomic E-state index is 5.66. The average molecular weight is 204 g/mol. The van der Waals surface area contributed by atoms with Crippen molar-refractivity contribution in [2.24, 2.45) is 5.92 Å². The molecule has 0 saturated heterocycles. The van der Waals surface area contributed by atoms with Crippen molar-refractivity contribution in [2.75, 3.05) is 6.61 Å². The first-order valence-electron chi connectivity index (χ1n) is 5.46. The lowest BCUT2D eigenvalue weighted by Crippen LogP contribution is -2.04. The highest BCUT2D eigenvalue weighted by atomic mass is 16.5. The molecule has 1 heteroatoms. The molecule has 0 N–H and O–H groups in total. The normalized spacial score (nSPS) is 10.4. The van der Waals surface area contributed by atoms with Crippen LogP contribution < -0.4 is 4.74 Å². The minimum atomic E-state index is 0.568. The molecule has 0 aromatic heterocycles. The Labute approximate surface area is 92.8 Å². The van der Waals surface area contributed by atoms with E-state index in [0.717, 1.165) is 18.8 Å². The Hall–Kier alpha value is -1.24. The quantitative estimate of drug-likeness (QED) is 0.664. The highest BCUT2D eigenvalue weighted by Crippen LogP contribution is 2.18. The maximum Gasteiger partial charge on any atom is 0.119 e. The third-order valence-electron chi connectivity index (χ3n) is 2.26. The number of hydrogen-bond donors (Lipinski definition) is 0. The summed E-state index contributed by atoms with van der Waals surface area (Å²) in [4.78, 5) is 0. The van der Waals surface area contributed by atoms with E-state index in [9.17, 15) is 0 Å². The highest BCUT2D eigenvalue weighted by molar-refractivity contribution is 5.35. The van der Waals surface area contributed by atoms with E-state index in [1.54, 1.807) is 0 Å². The average Bonchev–Trinajstić information content (AvgIpc) is 2.19. The van der Waals surface area contributed by atoms with Crippen molar-refractivity contribution in [3.8, 4) is 5.75 Å². The van der Waals surface area contributed by atoms with Crippen LogP contribution in [0.3, 0.4) is 0 Å². The monoisotopic (exact) mass is 204 g/mol. The standard InChI is InChI=1S/C14H20O/c1-5-6-13-7-8-14(9-12(13)4)15-10-11(2)3/h5,7-9,11H,1,6,10H2,2-4H3. The van der Waals surface area contributed by atoms with Gasteiger partial charge in [0.25, 0.3) is 0 Å². The largest absolute Gasteiger partial charge is 0.493 e. The molecule has 0 saturated carbocycles. The molecule has 0 aliphatic carbocycles. The minimum absolute atomic E-state index is 0.568. The van der Waals surface area contributed by atoms with Gasteiger partial charge < -0.3 is 4.74 Å². The Morgan fingerprint density at radius 1 is 1.40 bits per heavy atom. The first-order chi connectivity index (χ1) is 7.13. The zero-order valence-corrected chi connectivity index (χ0v) is 9.92. The van der Waals surface area contributed by atoms with Crippen molar-refractivity contribution in [2.45, 2.75) is 27.2 Å². The Morgan fingerprint density at radius 3 is 2.67 bits per heavy atom. The van der Waals surface area contributed by atoms with Gasteiger partial charge in [-0.3, -0.25) is 0 Å². The molecule has 82 valence electrons. The third kappa shape index (κ3) is 3.78. The molecule has 0 atom stereocenters. The second-order valence-corrected chi connectivity index (χ2v) is 4.29. The van der Waals surface area contributed by atoms with Crippen molar-refractivity contribution < 1.29 is 4.74 Å². The van der Waals surface area contributed by atoms with Crippen LogP contribution in [0, 0.1) is 12.8 Å². The smallest absolute Gasteiger partial charge is 0.119 e. The van der Waals surface area contributed by atoms with Crippen LogP contribution in [0.2, 0.25) is 0 Å². The molecule has 1 aromatic carbocycles. The summed E-state index contributed by atoms with van der Waals surface area (Å²) in [5, 5.41) is 0. The molecule has 0 aliphatic heterocycles. The molecule has 0 spiro atoms. The van der Waals surface area contributed by atoms with Gasteiger partial charge in [-0.1, -0.05) is 26.0 Å². The maximum absolute atomic E-state index is 5.66. The summed E-state index contributed by atoms with van der Waals surface area (Å²) in [5.74, 6) is 1.53. The van der Waals surface area contributed by atoms with Crippen molar-refractivity contribution >= 4 is 0 Å². The molecular weight excluding hydrogens is 184 g/mol. The molecule has 15 heavy (non-hydrogen) atoms. The van der Waals surface area contributed by atoms with Crippen LogP contribution >= 0.6 is 0 Å². The summed E-state index contributed by atoms with van der Waals surface area (Å²) in [7, 11) is 0. The molecule has 0 heterocycles. The lowest BCUT2D eigenvalue weighted by Gasteiger charge is -2.10. The topological polar surface area (TPSA) is 9.23 Å². The van der Waals surface area contributed by atoms with Crippen molar-refractivity contribution in [1.82, 2.24) is 0 Å². The first-order valence-corrected chi connectivity index (χ1v) is 5.46. The van der Waals surface area contributed by atoms with Crippen LogP contribution in [0.25, 0.3) is 0 Å². The van der Waals surface area contributed by atoms with Crippen LogP contribution in [0.4, 0.5) is 0 Å². The fraction of sp³-hybridized carbons (Fsp3) is 0.429. The molecule has 0 amide bonds. The number of aryl methyl sites for hydroxylation is 1. The summed E-state index contributed by atoms with van der Waals surface area (Å²) in [6.07, 6.45) is 2.85. The number of benzene rings is 1. The number of ether oxygens (including phenoxy) is 1. The van der Waals surface area contributed by atoms with E-state index in [0.29, 0.717) is 5.92 Å². The number of rotatable bonds is 5. The van der Waals surface area contributed by atoms with E-state index in [4.69, 9.17) is 4.74 Å². The van der Waals surface area contributed by atoms with Crippen LogP contribution in [-0.4, -0.2) is 6.61 Å². The van der Waals surface area contributed by atoms with Gasteiger partial charge in [0.15, 0.2) is 0 Å². The van der Waals surface area contributed by atoms with Gasteiger partial charge in [0.05, 0.1) is 6.61 Å². The zero-order valence-electron chi connectivity index (χ0n) is 9.92. The Bertz CT molecular complexity index is 326. The Kier molecular flexibility index (Phi) is 4.41. The van der Waals surface area contributed by atoms with E-state index < -0.39 is 0 Å². The Balaban J connectivity index is 2.68. The summed E-state index contributed by atoms with van der Waals surface area (Å²) in [6.45, 7) is 10.9. The van der Waals surface area contributed by atoms with E-state index in [1.807, 2.05) is 12.1 Å². The summed E-state index contributed by atoms with van der Waals surface area (Å²) in [6, 6.07) is 6.25. The molecule has 0 aliphatic rings. The molecular formula is C14H20O. The van der Waals surface area contributed by atoms with E-state index in [-0.39, 0.29) is 0 Å². The van der Waals surface area contributed by atoms with Crippen molar-refractivity contribution in [1.29, 1.82) is 0 Å². The van der Waals surface area contributed by atoms with E-state index in [1.165, 1.54) is 11.1 Å². The molecule has 0 unspecified atom stereocenters. The van der Waals surface area contributed by atoms with E-state index in [2.05, 4.69) is 39.5 Å². The fourth-order valence-corrected chi connectivity index (χ4v) is 1.41. The summed E-state index contributed by atoms with van der Waals surface area (Å²) in [5.41, 5.74) is 2.60. The van der Waals surface area contributed by atoms with Gasteiger partial charge in [0, 0.05) is 0 Å². The molecule has 1 aromatic rings. The minimum Gasteiger partial charge on any atom is -0.493 e. The van der Waals surface area contributed by atoms with Gasteiger partial charge in [-0.05, 0) is 42.5 Å². The van der Waals surface area contributed by atoms with Gasteiger partial charge in [-0.25, -0.2) is 0 Å². The van der Waals surface area contributed by atoms with Gasteiger partial charge >= 0.3 is 0 Å². The van der Waals surface area contributed by atoms with Gasteiger partial charge in [-0.15, -0.1) is 6.58 Å². The molecule has 1 nitrogen and oxygen atoms in total. The van der Waals surface area contributed by atoms with Crippen molar-refractivity contribution in [3.05, 3.63) is 42.0 Å². The predicted octanol–water partition coefficient (Wildman–Crippen LogP) is 3.76. The molecule has 1 rings (SSSR count). The van der Waals surface area contributed by atoms with Gasteiger partial charge in [0.1, 0.15) is 5.75 Å². The summed E-state index contributed by atoms with van der Waals surface area (Å²) < 4.78 is 5.66. The SMILES string of the molecule is C=CCc1ccc(OCC(C)C)cc1C. The van der Waals surface area contributed by atoms with Crippen molar-refractivity contribution in [3.63, 3.8) is 0 Å². The molecule has 0 radical (unpaired) electrons. The first kappa shape index (κ1) is 11.8. The lowest BCUT2D eigenvalue weighted by molar-refractivity contribution is 0.271. The van der Waals surface area contributed by atoms with E-state index >= 15 is 0 Å². The third-order valence-corrected chi connectivity index (χ3v) is 2.26. The second kappa shape index (κ2) is 5.59. The highest BCUT2D eigenvalue weighted by Gasteiger charge is 2.00. The van der Waals surface area contributed by atoms with Gasteiger partial charge in [-0.2, -0.15) is 0 Å². The van der Waals surface area contributed by atoms with Crippen LogP contribution in [0.15, 0.2) is 30.9 Å². The number of allylic oxidation sites excluding steroid dienone is 1. The second-order valence-electron chi connectivity index (χ2n) is 4.29. The molecule has 0 fully saturated rings. The lowest BCUT2D eigenvalue weighted by atomic mass is 10.1. The fourth-order valence-electron chi connectivity index (χ4n) is 1.41. The van der Waals surface area contributed by atoms with Gasteiger partial charge in [0.2, 0.25) is 0 Å². The van der Waals surface area contributed by atoms with Crippen LogP contribution in [0.5, 0.6) is 5.75 Å². The zero-order chi connectivity index (χ0) is 11.3. The Morgan fingerprint density at radius 2 is 2.13 bits per heavy atom. The van der Waals surface area contributed by atoms with Crippen LogP contribution in [-0.2, 0) is 6.42 Å². The predicted molar refractivity (Wildman–Crippen MR) is 65.4 cm³/mol.